The van der Waals surface area contributed by atoms with Gasteiger partial charge in [-0.1, -0.05) is 12.1 Å². The molecule has 1 atom stereocenters. The van der Waals surface area contributed by atoms with Gasteiger partial charge in [0.25, 0.3) is 0 Å². The minimum Gasteiger partial charge on any atom is -0.494 e. The zero-order valence-corrected chi connectivity index (χ0v) is 13.5. The van der Waals surface area contributed by atoms with Gasteiger partial charge in [-0.05, 0) is 6.07 Å². The summed E-state index contributed by atoms with van der Waals surface area (Å²) in [5, 5.41) is 23.2. The van der Waals surface area contributed by atoms with Crippen molar-refractivity contribution >= 4 is 23.3 Å². The molecule has 6 N–H and O–H groups in total. The number of nitrogens with one attached hydrogen (secondary N) is 2. The first-order valence-electron chi connectivity index (χ1n) is 7.33. The number of rotatable bonds is 2. The molecule has 1 unspecified atom stereocenters. The van der Waals surface area contributed by atoms with Gasteiger partial charge in [0.15, 0.2) is 17.8 Å². The molecule has 2 aromatic rings. The van der Waals surface area contributed by atoms with Gasteiger partial charge in [0, 0.05) is 11.1 Å². The average Bonchev–Trinajstić information content (AvgIpc) is 2.61. The smallest absolute Gasteiger partial charge is 0.211 e. The number of benzene rings is 1. The number of hydrogen-bond donors (Lipinski definition) is 4. The van der Waals surface area contributed by atoms with Crippen molar-refractivity contribution in [3.63, 3.8) is 0 Å². The molecule has 0 saturated heterocycles. The van der Waals surface area contributed by atoms with Gasteiger partial charge in [-0.2, -0.15) is 10.5 Å². The zero-order chi connectivity index (χ0) is 18.8. The van der Waals surface area contributed by atoms with Crippen LogP contribution in [-0.2, 0) is 0 Å². The first kappa shape index (κ1) is 16.8. The van der Waals surface area contributed by atoms with E-state index in [2.05, 4.69) is 20.6 Å². The van der Waals surface area contributed by atoms with E-state index < -0.39 is 11.9 Å². The number of fused-ring (bicyclic) bond motifs is 1. The van der Waals surface area contributed by atoms with Crippen LogP contribution in [0.4, 0.5) is 21.7 Å². The van der Waals surface area contributed by atoms with Crippen LogP contribution in [0.3, 0.4) is 0 Å². The number of methoxy groups -OCH3 is 1. The Kier molecular flexibility index (Phi) is 4.17. The number of halogens is 1. The number of aromatic nitrogens is 1. The summed E-state index contributed by atoms with van der Waals surface area (Å²) in [5.74, 6) is -0.473. The Morgan fingerprint density at radius 2 is 2.12 bits per heavy atom. The molecule has 0 saturated carbocycles. The van der Waals surface area contributed by atoms with Crippen LogP contribution in [0.25, 0.3) is 0 Å². The number of nitrogens with two attached hydrogens (primary N) is 2. The van der Waals surface area contributed by atoms with Gasteiger partial charge in [-0.3, -0.25) is 5.32 Å². The minimum absolute atomic E-state index is 0.0225. The molecule has 1 aliphatic heterocycles. The molecular weight excluding hydrogens is 339 g/mol. The zero-order valence-electron chi connectivity index (χ0n) is 13.5. The quantitative estimate of drug-likeness (QED) is 0.463. The highest BCUT2D eigenvalue weighted by Crippen LogP contribution is 2.42. The number of guanidine groups is 1. The topological polar surface area (TPSA) is 158 Å². The Bertz CT molecular complexity index is 1000. The van der Waals surface area contributed by atoms with E-state index in [-0.39, 0.29) is 45.7 Å². The molecule has 9 nitrogen and oxygen atoms in total. The summed E-state index contributed by atoms with van der Waals surface area (Å²) in [6, 6.07) is 5.49. The van der Waals surface area contributed by atoms with Gasteiger partial charge in [0.05, 0.1) is 12.8 Å². The molecule has 1 aromatic carbocycles. The SMILES string of the molecule is COc1cccc(C2N=C(NC#N)Nc3nc(N)c(C#N)c(N)c32)c1F. The Hall–Kier alpha value is -4.05. The molecule has 0 aliphatic carbocycles. The highest BCUT2D eigenvalue weighted by molar-refractivity contribution is 5.98. The van der Waals surface area contributed by atoms with E-state index in [0.29, 0.717) is 0 Å². The Balaban J connectivity index is 2.29. The molecule has 3 rings (SSSR count). The van der Waals surface area contributed by atoms with E-state index >= 15 is 0 Å². The summed E-state index contributed by atoms with van der Waals surface area (Å²) >= 11 is 0. The predicted molar refractivity (Wildman–Crippen MR) is 92.4 cm³/mol. The molecule has 0 bridgehead atoms. The first-order chi connectivity index (χ1) is 12.5. The third-order valence-electron chi connectivity index (χ3n) is 3.87. The lowest BCUT2D eigenvalue weighted by Gasteiger charge is -2.26. The summed E-state index contributed by atoms with van der Waals surface area (Å²) in [6.45, 7) is 0. The van der Waals surface area contributed by atoms with Crippen LogP contribution in [0.2, 0.25) is 0 Å². The number of nitrogen functional groups attached to an aromatic ring is 2. The highest BCUT2D eigenvalue weighted by Gasteiger charge is 2.31. The number of hydrogen-bond acceptors (Lipinski definition) is 9. The fourth-order valence-corrected chi connectivity index (χ4v) is 2.70. The van der Waals surface area contributed by atoms with Gasteiger partial charge in [-0.25, -0.2) is 14.4 Å². The molecule has 2 heterocycles. The third kappa shape index (κ3) is 2.56. The Morgan fingerprint density at radius 3 is 2.77 bits per heavy atom. The average molecular weight is 352 g/mol. The maximum Gasteiger partial charge on any atom is 0.211 e. The summed E-state index contributed by atoms with van der Waals surface area (Å²) in [5.41, 5.74) is 12.3. The van der Waals surface area contributed by atoms with Crippen LogP contribution >= 0.6 is 0 Å². The minimum atomic E-state index is -0.961. The largest absolute Gasteiger partial charge is 0.494 e. The van der Waals surface area contributed by atoms with Crippen molar-refractivity contribution < 1.29 is 9.13 Å². The number of anilines is 3. The van der Waals surface area contributed by atoms with Gasteiger partial charge in [0.2, 0.25) is 5.96 Å². The van der Waals surface area contributed by atoms with E-state index in [0.717, 1.165) is 0 Å². The standard InChI is InChI=1S/C16H13FN8O/c1-26-9-4-2-3-7(11(9)17)13-10-12(20)8(5-18)14(21)24-15(10)25-16(23-13)22-6-19/h2-4,13H,1H3,(H6,20,21,22,23,24,25). The summed E-state index contributed by atoms with van der Waals surface area (Å²) < 4.78 is 19.8. The molecule has 1 aliphatic rings. The first-order valence-corrected chi connectivity index (χ1v) is 7.33. The van der Waals surface area contributed by atoms with Crippen LogP contribution in [0.1, 0.15) is 22.7 Å². The highest BCUT2D eigenvalue weighted by atomic mass is 19.1. The normalized spacial score (nSPS) is 14.9. The van der Waals surface area contributed by atoms with E-state index in [1.165, 1.54) is 19.2 Å². The number of pyridine rings is 1. The fourth-order valence-electron chi connectivity index (χ4n) is 2.70. The molecule has 0 radical (unpaired) electrons. The number of nitriles is 2. The fraction of sp³-hybridized carbons (Fsp3) is 0.125. The molecule has 130 valence electrons. The van der Waals surface area contributed by atoms with Crippen molar-refractivity contribution in [3.05, 3.63) is 40.7 Å². The second-order valence-corrected chi connectivity index (χ2v) is 5.27. The van der Waals surface area contributed by atoms with Gasteiger partial charge < -0.3 is 21.5 Å². The molecule has 0 fully saturated rings. The van der Waals surface area contributed by atoms with Crippen molar-refractivity contribution in [2.24, 2.45) is 4.99 Å². The second-order valence-electron chi connectivity index (χ2n) is 5.27. The van der Waals surface area contributed by atoms with Crippen molar-refractivity contribution in [2.75, 3.05) is 23.9 Å². The molecule has 26 heavy (non-hydrogen) atoms. The third-order valence-corrected chi connectivity index (χ3v) is 3.87. The second kappa shape index (κ2) is 6.45. The van der Waals surface area contributed by atoms with E-state index in [9.17, 15) is 9.65 Å². The molecule has 0 spiro atoms. The van der Waals surface area contributed by atoms with E-state index in [1.807, 2.05) is 6.07 Å². The Labute approximate surface area is 147 Å². The van der Waals surface area contributed by atoms with Gasteiger partial charge in [0.1, 0.15) is 29.3 Å². The summed E-state index contributed by atoms with van der Waals surface area (Å²) in [4.78, 5) is 8.40. The molecule has 10 heteroatoms. The lowest BCUT2D eigenvalue weighted by atomic mass is 9.94. The monoisotopic (exact) mass is 352 g/mol. The maximum atomic E-state index is 14.8. The van der Waals surface area contributed by atoms with Crippen LogP contribution in [-0.4, -0.2) is 18.1 Å². The number of nitrogens with zero attached hydrogens (tertiary/aromatic N) is 4. The predicted octanol–water partition coefficient (Wildman–Crippen LogP) is 1.21. The van der Waals surface area contributed by atoms with Crippen LogP contribution in [0.5, 0.6) is 5.75 Å². The lowest BCUT2D eigenvalue weighted by molar-refractivity contribution is 0.383. The molecular formula is C16H13FN8O. The van der Waals surface area contributed by atoms with Crippen molar-refractivity contribution in [1.82, 2.24) is 10.3 Å². The lowest BCUT2D eigenvalue weighted by Crippen LogP contribution is -2.33. The molecule has 0 amide bonds. The van der Waals surface area contributed by atoms with Gasteiger partial charge >= 0.3 is 0 Å². The van der Waals surface area contributed by atoms with Crippen molar-refractivity contribution in [2.45, 2.75) is 6.04 Å². The van der Waals surface area contributed by atoms with Crippen LogP contribution in [0.15, 0.2) is 23.2 Å². The van der Waals surface area contributed by atoms with Crippen molar-refractivity contribution in [3.8, 4) is 18.0 Å². The van der Waals surface area contributed by atoms with Crippen molar-refractivity contribution in [1.29, 1.82) is 10.5 Å². The summed E-state index contributed by atoms with van der Waals surface area (Å²) in [6.07, 6.45) is 1.72. The van der Waals surface area contributed by atoms with Crippen LogP contribution in [0, 0.1) is 28.6 Å². The number of aliphatic imine (C=N–C) groups is 1. The van der Waals surface area contributed by atoms with E-state index in [1.54, 1.807) is 12.3 Å². The van der Waals surface area contributed by atoms with Crippen LogP contribution < -0.4 is 26.8 Å². The maximum absolute atomic E-state index is 14.8. The van der Waals surface area contributed by atoms with E-state index in [4.69, 9.17) is 21.5 Å². The summed E-state index contributed by atoms with van der Waals surface area (Å²) in [7, 11) is 1.34. The number of ether oxygens (including phenoxy) is 1. The molecule has 1 aromatic heterocycles. The van der Waals surface area contributed by atoms with Gasteiger partial charge in [-0.15, -0.1) is 0 Å². The Morgan fingerprint density at radius 1 is 1.35 bits per heavy atom.